The number of rotatable bonds is 4. The molecule has 2 rings (SSSR count). The van der Waals surface area contributed by atoms with Crippen LogP contribution in [0.3, 0.4) is 0 Å². The zero-order valence-electron chi connectivity index (χ0n) is 11.5. The Morgan fingerprint density at radius 3 is 2.89 bits per heavy atom. The van der Waals surface area contributed by atoms with Crippen LogP contribution in [0.25, 0.3) is 0 Å². The molecule has 2 N–H and O–H groups in total. The summed E-state index contributed by atoms with van der Waals surface area (Å²) in [5.74, 6) is 0.317. The molecule has 1 aromatic rings. The fourth-order valence-corrected chi connectivity index (χ4v) is 3.84. The summed E-state index contributed by atoms with van der Waals surface area (Å²) in [5.41, 5.74) is 1.04. The minimum atomic E-state index is -3.40. The zero-order valence-corrected chi connectivity index (χ0v) is 12.3. The standard InChI is InChI=1S/C14H22N2O2S/c1-3-12-5-4-6-13(9-12)19(17,18)16-14-7-8-15-10-11(14)2/h4-6,9,11,14-16H,3,7-8,10H2,1-2H3. The van der Waals surface area contributed by atoms with Crippen LogP contribution in [0.15, 0.2) is 29.2 Å². The summed E-state index contributed by atoms with van der Waals surface area (Å²) in [6.45, 7) is 5.82. The van der Waals surface area contributed by atoms with Crippen LogP contribution in [0.1, 0.15) is 25.8 Å². The van der Waals surface area contributed by atoms with E-state index in [4.69, 9.17) is 0 Å². The van der Waals surface area contributed by atoms with E-state index in [2.05, 4.69) is 17.0 Å². The lowest BCUT2D eigenvalue weighted by Crippen LogP contribution is -2.48. The van der Waals surface area contributed by atoms with Crippen molar-refractivity contribution < 1.29 is 8.42 Å². The van der Waals surface area contributed by atoms with Crippen molar-refractivity contribution in [2.24, 2.45) is 5.92 Å². The van der Waals surface area contributed by atoms with Crippen LogP contribution in [0.4, 0.5) is 0 Å². The molecule has 2 unspecified atom stereocenters. The SMILES string of the molecule is CCc1cccc(S(=O)(=O)NC2CCNCC2C)c1. The summed E-state index contributed by atoms with van der Waals surface area (Å²) in [7, 11) is -3.40. The minimum Gasteiger partial charge on any atom is -0.316 e. The molecule has 0 bridgehead atoms. The molecule has 1 aliphatic rings. The number of nitrogens with one attached hydrogen (secondary N) is 2. The molecule has 0 amide bonds. The third-order valence-corrected chi connectivity index (χ3v) is 5.20. The number of benzene rings is 1. The van der Waals surface area contributed by atoms with Crippen molar-refractivity contribution in [3.63, 3.8) is 0 Å². The number of sulfonamides is 1. The summed E-state index contributed by atoms with van der Waals surface area (Å²) in [6, 6.07) is 7.20. The third-order valence-electron chi connectivity index (χ3n) is 3.71. The normalized spacial score (nSPS) is 24.3. The Morgan fingerprint density at radius 1 is 1.42 bits per heavy atom. The van der Waals surface area contributed by atoms with Gasteiger partial charge in [0.2, 0.25) is 10.0 Å². The summed E-state index contributed by atoms with van der Waals surface area (Å²) in [6.07, 6.45) is 1.68. The van der Waals surface area contributed by atoms with Gasteiger partial charge in [0.1, 0.15) is 0 Å². The highest BCUT2D eigenvalue weighted by molar-refractivity contribution is 7.89. The molecule has 0 spiro atoms. The maximum absolute atomic E-state index is 12.4. The molecule has 1 aromatic carbocycles. The number of aryl methyl sites for hydroxylation is 1. The van der Waals surface area contributed by atoms with E-state index in [1.807, 2.05) is 13.0 Å². The number of hydrogen-bond acceptors (Lipinski definition) is 3. The van der Waals surface area contributed by atoms with Crippen molar-refractivity contribution in [3.8, 4) is 0 Å². The van der Waals surface area contributed by atoms with Gasteiger partial charge in [-0.15, -0.1) is 0 Å². The highest BCUT2D eigenvalue weighted by Gasteiger charge is 2.26. The van der Waals surface area contributed by atoms with Crippen molar-refractivity contribution in [1.82, 2.24) is 10.0 Å². The molecular weight excluding hydrogens is 260 g/mol. The van der Waals surface area contributed by atoms with Crippen molar-refractivity contribution in [2.75, 3.05) is 13.1 Å². The summed E-state index contributed by atoms with van der Waals surface area (Å²) >= 11 is 0. The molecule has 1 aliphatic heterocycles. The van der Waals surface area contributed by atoms with Crippen molar-refractivity contribution in [1.29, 1.82) is 0 Å². The van der Waals surface area contributed by atoms with E-state index in [1.165, 1.54) is 0 Å². The van der Waals surface area contributed by atoms with E-state index in [1.54, 1.807) is 18.2 Å². The van der Waals surface area contributed by atoms with Gasteiger partial charge in [0, 0.05) is 6.04 Å². The van der Waals surface area contributed by atoms with Gasteiger partial charge in [-0.2, -0.15) is 0 Å². The van der Waals surface area contributed by atoms with E-state index in [9.17, 15) is 8.42 Å². The van der Waals surface area contributed by atoms with Gasteiger partial charge in [-0.05, 0) is 49.5 Å². The fourth-order valence-electron chi connectivity index (χ4n) is 2.39. The molecule has 1 fully saturated rings. The highest BCUT2D eigenvalue weighted by atomic mass is 32.2. The summed E-state index contributed by atoms with van der Waals surface area (Å²) in [4.78, 5) is 0.373. The Morgan fingerprint density at radius 2 is 2.21 bits per heavy atom. The molecule has 1 saturated heterocycles. The van der Waals surface area contributed by atoms with Gasteiger partial charge < -0.3 is 5.32 Å². The van der Waals surface area contributed by atoms with Crippen LogP contribution in [0.5, 0.6) is 0 Å². The van der Waals surface area contributed by atoms with Crippen LogP contribution >= 0.6 is 0 Å². The first-order valence-electron chi connectivity index (χ1n) is 6.85. The largest absolute Gasteiger partial charge is 0.316 e. The van der Waals surface area contributed by atoms with Crippen molar-refractivity contribution in [2.45, 2.75) is 37.6 Å². The van der Waals surface area contributed by atoms with Crippen LogP contribution < -0.4 is 10.0 Å². The van der Waals surface area contributed by atoms with Gasteiger partial charge in [-0.3, -0.25) is 0 Å². The predicted octanol–water partition coefficient (Wildman–Crippen LogP) is 1.53. The smallest absolute Gasteiger partial charge is 0.240 e. The Labute approximate surface area is 115 Å². The maximum Gasteiger partial charge on any atom is 0.240 e. The summed E-state index contributed by atoms with van der Waals surface area (Å²) in [5, 5.41) is 3.27. The topological polar surface area (TPSA) is 58.2 Å². The Kier molecular flexibility index (Phi) is 4.60. The second kappa shape index (κ2) is 6.03. The minimum absolute atomic E-state index is 0.0246. The molecular formula is C14H22N2O2S. The van der Waals surface area contributed by atoms with Gasteiger partial charge in [-0.25, -0.2) is 13.1 Å². The second-order valence-corrected chi connectivity index (χ2v) is 6.91. The van der Waals surface area contributed by atoms with Gasteiger partial charge >= 0.3 is 0 Å². The fraction of sp³-hybridized carbons (Fsp3) is 0.571. The van der Waals surface area contributed by atoms with Gasteiger partial charge in [0.05, 0.1) is 4.90 Å². The molecule has 19 heavy (non-hydrogen) atoms. The molecule has 0 radical (unpaired) electrons. The number of hydrogen-bond donors (Lipinski definition) is 2. The molecule has 106 valence electrons. The Hall–Kier alpha value is -0.910. The maximum atomic E-state index is 12.4. The second-order valence-electron chi connectivity index (χ2n) is 5.20. The molecule has 2 atom stereocenters. The zero-order chi connectivity index (χ0) is 13.9. The molecule has 0 saturated carbocycles. The average Bonchev–Trinajstić information content (AvgIpc) is 2.41. The average molecular weight is 282 g/mol. The van der Waals surface area contributed by atoms with E-state index >= 15 is 0 Å². The van der Waals surface area contributed by atoms with E-state index < -0.39 is 10.0 Å². The van der Waals surface area contributed by atoms with Crippen molar-refractivity contribution in [3.05, 3.63) is 29.8 Å². The van der Waals surface area contributed by atoms with Gasteiger partial charge in [0.25, 0.3) is 0 Å². The quantitative estimate of drug-likeness (QED) is 0.880. The monoisotopic (exact) mass is 282 g/mol. The molecule has 1 heterocycles. The lowest BCUT2D eigenvalue weighted by molar-refractivity contribution is 0.328. The Bertz CT molecular complexity index is 528. The molecule has 4 nitrogen and oxygen atoms in total. The summed E-state index contributed by atoms with van der Waals surface area (Å²) < 4.78 is 27.6. The molecule has 0 aliphatic carbocycles. The first kappa shape index (κ1) is 14.5. The Balaban J connectivity index is 2.17. The van der Waals surface area contributed by atoms with Crippen molar-refractivity contribution >= 4 is 10.0 Å². The van der Waals surface area contributed by atoms with Crippen LogP contribution in [0, 0.1) is 5.92 Å². The van der Waals surface area contributed by atoms with Crippen LogP contribution in [0.2, 0.25) is 0 Å². The van der Waals surface area contributed by atoms with E-state index in [0.29, 0.717) is 10.8 Å². The van der Waals surface area contributed by atoms with Crippen LogP contribution in [-0.4, -0.2) is 27.5 Å². The predicted molar refractivity (Wildman–Crippen MR) is 76.6 cm³/mol. The lowest BCUT2D eigenvalue weighted by Gasteiger charge is -2.30. The highest BCUT2D eigenvalue weighted by Crippen LogP contribution is 2.16. The van der Waals surface area contributed by atoms with E-state index in [-0.39, 0.29) is 6.04 Å². The van der Waals surface area contributed by atoms with E-state index in [0.717, 1.165) is 31.5 Å². The first-order chi connectivity index (χ1) is 9.03. The van der Waals surface area contributed by atoms with Gasteiger partial charge in [-0.1, -0.05) is 26.0 Å². The van der Waals surface area contributed by atoms with Crippen LogP contribution in [-0.2, 0) is 16.4 Å². The number of piperidine rings is 1. The first-order valence-corrected chi connectivity index (χ1v) is 8.33. The van der Waals surface area contributed by atoms with Gasteiger partial charge in [0.15, 0.2) is 0 Å². The lowest BCUT2D eigenvalue weighted by atomic mass is 9.97. The molecule has 5 heteroatoms. The third kappa shape index (κ3) is 3.55. The molecule has 0 aromatic heterocycles.